The molecule has 0 radical (unpaired) electrons. The fraction of sp³-hybridized carbons (Fsp3) is 0.294. The second kappa shape index (κ2) is 7.89. The number of thiophene rings is 1. The van der Waals surface area contributed by atoms with E-state index >= 15 is 0 Å². The first-order chi connectivity index (χ1) is 11.0. The molecule has 1 unspecified atom stereocenters. The van der Waals surface area contributed by atoms with E-state index in [2.05, 4.69) is 10.6 Å². The molecule has 0 saturated heterocycles. The van der Waals surface area contributed by atoms with E-state index in [4.69, 9.17) is 0 Å². The molecule has 2 rings (SSSR count). The van der Waals surface area contributed by atoms with Gasteiger partial charge in [0.25, 0.3) is 0 Å². The Morgan fingerprint density at radius 3 is 2.39 bits per heavy atom. The van der Waals surface area contributed by atoms with Crippen molar-refractivity contribution in [1.82, 2.24) is 10.2 Å². The molecule has 2 amide bonds. The highest BCUT2D eigenvalue weighted by Crippen LogP contribution is 2.22. The predicted octanol–water partition coefficient (Wildman–Crippen LogP) is 2.41. The van der Waals surface area contributed by atoms with Crippen LogP contribution in [-0.4, -0.2) is 37.4 Å². The lowest BCUT2D eigenvalue weighted by Gasteiger charge is -2.23. The van der Waals surface area contributed by atoms with Crippen LogP contribution in [0.15, 0.2) is 41.8 Å². The van der Waals surface area contributed by atoms with Gasteiger partial charge < -0.3 is 15.5 Å². The van der Waals surface area contributed by atoms with E-state index in [1.54, 1.807) is 23.5 Å². The second-order valence-electron chi connectivity index (χ2n) is 5.53. The molecule has 6 heteroatoms. The van der Waals surface area contributed by atoms with Gasteiger partial charge in [-0.25, -0.2) is 0 Å². The molecule has 122 valence electrons. The third-order valence-electron chi connectivity index (χ3n) is 3.47. The lowest BCUT2D eigenvalue weighted by molar-refractivity contribution is -0.136. The van der Waals surface area contributed by atoms with Crippen molar-refractivity contribution < 1.29 is 9.59 Å². The first-order valence-corrected chi connectivity index (χ1v) is 8.21. The number of hydrogen-bond acceptors (Lipinski definition) is 4. The summed E-state index contributed by atoms with van der Waals surface area (Å²) >= 11 is 1.63. The molecule has 23 heavy (non-hydrogen) atoms. The van der Waals surface area contributed by atoms with Crippen molar-refractivity contribution in [3.63, 3.8) is 0 Å². The number of hydrogen-bond donors (Lipinski definition) is 2. The summed E-state index contributed by atoms with van der Waals surface area (Å²) in [6.45, 7) is 2.35. The monoisotopic (exact) mass is 331 g/mol. The summed E-state index contributed by atoms with van der Waals surface area (Å²) in [7, 11) is 3.89. The van der Waals surface area contributed by atoms with Gasteiger partial charge in [0.2, 0.25) is 0 Å². The summed E-state index contributed by atoms with van der Waals surface area (Å²) in [5, 5.41) is 7.29. The van der Waals surface area contributed by atoms with Gasteiger partial charge >= 0.3 is 11.8 Å². The second-order valence-corrected chi connectivity index (χ2v) is 6.50. The first kappa shape index (κ1) is 17.2. The topological polar surface area (TPSA) is 61.4 Å². The summed E-state index contributed by atoms with van der Waals surface area (Å²) in [5.74, 6) is -1.29. The van der Waals surface area contributed by atoms with Gasteiger partial charge in [-0.3, -0.25) is 9.59 Å². The van der Waals surface area contributed by atoms with E-state index in [0.717, 1.165) is 10.4 Å². The number of benzene rings is 1. The summed E-state index contributed by atoms with van der Waals surface area (Å²) in [6, 6.07) is 11.4. The number of nitrogens with one attached hydrogen (secondary N) is 2. The lowest BCUT2D eigenvalue weighted by atomic mass is 10.2. The van der Waals surface area contributed by atoms with Gasteiger partial charge in [-0.1, -0.05) is 23.8 Å². The van der Waals surface area contributed by atoms with E-state index in [0.29, 0.717) is 12.2 Å². The number of likely N-dealkylation sites (N-methyl/N-ethyl adjacent to an activating group) is 1. The van der Waals surface area contributed by atoms with Crippen LogP contribution in [0.5, 0.6) is 0 Å². The average molecular weight is 331 g/mol. The molecule has 5 nitrogen and oxygen atoms in total. The summed E-state index contributed by atoms with van der Waals surface area (Å²) < 4.78 is 0. The number of amides is 2. The maximum atomic E-state index is 12.0. The van der Waals surface area contributed by atoms with Crippen LogP contribution in [0, 0.1) is 6.92 Å². The molecular formula is C17H21N3O2S. The number of nitrogens with zero attached hydrogens (tertiary/aromatic N) is 1. The third-order valence-corrected chi connectivity index (χ3v) is 4.44. The molecule has 1 atom stereocenters. The van der Waals surface area contributed by atoms with Gasteiger partial charge in [-0.2, -0.15) is 0 Å². The molecule has 1 aromatic carbocycles. The van der Waals surface area contributed by atoms with E-state index in [1.807, 2.05) is 55.6 Å². The molecule has 2 aromatic rings. The van der Waals surface area contributed by atoms with E-state index in [-0.39, 0.29) is 6.04 Å². The number of anilines is 1. The fourth-order valence-electron chi connectivity index (χ4n) is 2.11. The van der Waals surface area contributed by atoms with Gasteiger partial charge in [0.15, 0.2) is 0 Å². The highest BCUT2D eigenvalue weighted by Gasteiger charge is 2.19. The Balaban J connectivity index is 1.90. The standard InChI is InChI=1S/C17H21N3O2S/c1-12-6-8-13(9-7-12)19-17(22)16(21)18-11-14(20(2)3)15-5-4-10-23-15/h4-10,14H,11H2,1-3H3,(H,18,21)(H,19,22). The Bertz CT molecular complexity index is 651. The van der Waals surface area contributed by atoms with Crippen LogP contribution in [-0.2, 0) is 9.59 Å². The predicted molar refractivity (Wildman–Crippen MR) is 93.6 cm³/mol. The van der Waals surface area contributed by atoms with Crippen molar-refractivity contribution >= 4 is 28.8 Å². The van der Waals surface area contributed by atoms with Crippen LogP contribution in [0.4, 0.5) is 5.69 Å². The normalized spacial score (nSPS) is 12.0. The molecule has 0 aliphatic rings. The Morgan fingerprint density at radius 2 is 1.83 bits per heavy atom. The smallest absolute Gasteiger partial charge is 0.313 e. The van der Waals surface area contributed by atoms with Crippen molar-refractivity contribution in [3.8, 4) is 0 Å². The van der Waals surface area contributed by atoms with Crippen LogP contribution in [0.1, 0.15) is 16.5 Å². The Morgan fingerprint density at radius 1 is 1.13 bits per heavy atom. The minimum Gasteiger partial charge on any atom is -0.346 e. The number of aryl methyl sites for hydroxylation is 1. The molecule has 0 saturated carbocycles. The van der Waals surface area contributed by atoms with E-state index in [1.165, 1.54) is 0 Å². The molecule has 1 aromatic heterocycles. The van der Waals surface area contributed by atoms with Gasteiger partial charge in [-0.15, -0.1) is 11.3 Å². The Hall–Kier alpha value is -2.18. The minimum atomic E-state index is -0.655. The average Bonchev–Trinajstić information content (AvgIpc) is 3.03. The molecule has 1 heterocycles. The van der Waals surface area contributed by atoms with Crippen molar-refractivity contribution in [1.29, 1.82) is 0 Å². The van der Waals surface area contributed by atoms with Crippen molar-refractivity contribution in [2.24, 2.45) is 0 Å². The lowest BCUT2D eigenvalue weighted by Crippen LogP contribution is -2.40. The van der Waals surface area contributed by atoms with Crippen molar-refractivity contribution in [3.05, 3.63) is 52.2 Å². The largest absolute Gasteiger partial charge is 0.346 e. The molecule has 2 N–H and O–H groups in total. The quantitative estimate of drug-likeness (QED) is 0.827. The number of carbonyl (C=O) groups excluding carboxylic acids is 2. The van der Waals surface area contributed by atoms with Crippen molar-refractivity contribution in [2.75, 3.05) is 26.0 Å². The van der Waals surface area contributed by atoms with Crippen LogP contribution < -0.4 is 10.6 Å². The zero-order valence-corrected chi connectivity index (χ0v) is 14.3. The maximum absolute atomic E-state index is 12.0. The van der Waals surface area contributed by atoms with Gasteiger partial charge in [0.05, 0.1) is 6.04 Å². The molecular weight excluding hydrogens is 310 g/mol. The summed E-state index contributed by atoms with van der Waals surface area (Å²) in [4.78, 5) is 27.1. The minimum absolute atomic E-state index is 0.0473. The third kappa shape index (κ3) is 4.91. The first-order valence-electron chi connectivity index (χ1n) is 7.33. The molecule has 0 aliphatic heterocycles. The van der Waals surface area contributed by atoms with E-state index < -0.39 is 11.8 Å². The van der Waals surface area contributed by atoms with Crippen LogP contribution >= 0.6 is 11.3 Å². The number of carbonyl (C=O) groups is 2. The molecule has 0 aliphatic carbocycles. The van der Waals surface area contributed by atoms with Crippen LogP contribution in [0.3, 0.4) is 0 Å². The van der Waals surface area contributed by atoms with E-state index in [9.17, 15) is 9.59 Å². The zero-order valence-electron chi connectivity index (χ0n) is 13.5. The molecule has 0 bridgehead atoms. The Kier molecular flexibility index (Phi) is 5.90. The summed E-state index contributed by atoms with van der Waals surface area (Å²) in [5.41, 5.74) is 1.70. The number of rotatable bonds is 5. The molecule has 0 fully saturated rings. The highest BCUT2D eigenvalue weighted by molar-refractivity contribution is 7.10. The van der Waals surface area contributed by atoms with Gasteiger partial charge in [0, 0.05) is 17.1 Å². The highest BCUT2D eigenvalue weighted by atomic mass is 32.1. The van der Waals surface area contributed by atoms with Gasteiger partial charge in [0.1, 0.15) is 0 Å². The molecule has 0 spiro atoms. The maximum Gasteiger partial charge on any atom is 0.313 e. The van der Waals surface area contributed by atoms with Crippen molar-refractivity contribution in [2.45, 2.75) is 13.0 Å². The van der Waals surface area contributed by atoms with Crippen LogP contribution in [0.2, 0.25) is 0 Å². The fourth-order valence-corrected chi connectivity index (χ4v) is 3.04. The van der Waals surface area contributed by atoms with Crippen LogP contribution in [0.25, 0.3) is 0 Å². The zero-order chi connectivity index (χ0) is 16.8. The van der Waals surface area contributed by atoms with Gasteiger partial charge in [-0.05, 0) is 44.6 Å². The Labute approximate surface area is 140 Å². The summed E-state index contributed by atoms with van der Waals surface area (Å²) in [6.07, 6.45) is 0. The SMILES string of the molecule is Cc1ccc(NC(=O)C(=O)NCC(c2cccs2)N(C)C)cc1.